The molecular weight excluding hydrogens is 430 g/mol. The summed E-state index contributed by atoms with van der Waals surface area (Å²) in [5.41, 5.74) is 2.03. The van der Waals surface area contributed by atoms with Crippen LogP contribution >= 0.6 is 0 Å². The van der Waals surface area contributed by atoms with Gasteiger partial charge in [-0.1, -0.05) is 47.6 Å². The second-order valence-electron chi connectivity index (χ2n) is 8.94. The van der Waals surface area contributed by atoms with Gasteiger partial charge in [0.25, 0.3) is 0 Å². The number of hydrogen-bond donors (Lipinski definition) is 0. The van der Waals surface area contributed by atoms with Crippen LogP contribution in [0, 0.1) is 5.92 Å². The first-order valence-electron chi connectivity index (χ1n) is 12.0. The number of hydrogen-bond acceptors (Lipinski definition) is 7. The molecule has 2 aromatic carbocycles. The summed E-state index contributed by atoms with van der Waals surface area (Å²) in [6.45, 7) is 5.34. The van der Waals surface area contributed by atoms with Crippen LogP contribution in [0.1, 0.15) is 18.7 Å². The number of benzene rings is 2. The molecule has 178 valence electrons. The molecule has 1 atom stereocenters. The summed E-state index contributed by atoms with van der Waals surface area (Å²) in [5, 5.41) is 4.12. The number of amides is 1. The average molecular weight is 462 g/mol. The second kappa shape index (κ2) is 10.3. The zero-order valence-electron chi connectivity index (χ0n) is 19.6. The lowest BCUT2D eigenvalue weighted by molar-refractivity contribution is -0.137. The molecule has 8 heteroatoms. The molecule has 1 amide bonds. The number of likely N-dealkylation sites (tertiary alicyclic amines) is 1. The van der Waals surface area contributed by atoms with Crippen molar-refractivity contribution in [3.8, 4) is 17.1 Å². The molecule has 0 N–H and O–H groups in total. The molecule has 2 fully saturated rings. The van der Waals surface area contributed by atoms with Gasteiger partial charge in [0.2, 0.25) is 17.6 Å². The minimum atomic E-state index is 0.0167. The van der Waals surface area contributed by atoms with E-state index < -0.39 is 0 Å². The first-order chi connectivity index (χ1) is 16.7. The molecule has 2 aliphatic rings. The van der Waals surface area contributed by atoms with Crippen molar-refractivity contribution >= 4 is 11.6 Å². The minimum Gasteiger partial charge on any atom is -0.495 e. The maximum atomic E-state index is 13.3. The Labute approximate surface area is 200 Å². The van der Waals surface area contributed by atoms with Crippen LogP contribution in [-0.2, 0) is 11.3 Å². The maximum absolute atomic E-state index is 13.3. The predicted molar refractivity (Wildman–Crippen MR) is 130 cm³/mol. The van der Waals surface area contributed by atoms with Crippen LogP contribution in [0.25, 0.3) is 11.4 Å². The van der Waals surface area contributed by atoms with E-state index in [-0.39, 0.29) is 11.8 Å². The number of methoxy groups -OCH3 is 1. The Morgan fingerprint density at radius 1 is 1.03 bits per heavy atom. The highest BCUT2D eigenvalue weighted by Gasteiger charge is 2.32. The van der Waals surface area contributed by atoms with Gasteiger partial charge in [0, 0.05) is 38.3 Å². The van der Waals surface area contributed by atoms with Gasteiger partial charge in [0.05, 0.1) is 25.3 Å². The molecule has 34 heavy (non-hydrogen) atoms. The third-order valence-electron chi connectivity index (χ3n) is 6.73. The van der Waals surface area contributed by atoms with Crippen molar-refractivity contribution in [1.82, 2.24) is 19.9 Å². The molecule has 0 radical (unpaired) electrons. The van der Waals surface area contributed by atoms with Crippen LogP contribution in [0.2, 0.25) is 0 Å². The van der Waals surface area contributed by atoms with Crippen molar-refractivity contribution in [2.24, 2.45) is 5.92 Å². The molecule has 8 nitrogen and oxygen atoms in total. The number of nitrogens with zero attached hydrogens (tertiary/aromatic N) is 5. The number of aromatic nitrogens is 2. The summed E-state index contributed by atoms with van der Waals surface area (Å²) in [6, 6.07) is 17.9. The van der Waals surface area contributed by atoms with Gasteiger partial charge in [0.15, 0.2) is 0 Å². The largest absolute Gasteiger partial charge is 0.495 e. The van der Waals surface area contributed by atoms with E-state index in [1.165, 1.54) is 0 Å². The van der Waals surface area contributed by atoms with Gasteiger partial charge in [-0.25, -0.2) is 0 Å². The van der Waals surface area contributed by atoms with E-state index in [0.29, 0.717) is 18.3 Å². The van der Waals surface area contributed by atoms with Gasteiger partial charge in [-0.05, 0) is 31.5 Å². The minimum absolute atomic E-state index is 0.0167. The molecule has 0 saturated carbocycles. The maximum Gasteiger partial charge on any atom is 0.241 e. The standard InChI is InChI=1S/C26H31N5O3/c1-33-23-12-6-5-11-22(23)30-14-16-31(17-15-30)26(32)21-10-7-13-29(18-21)19-24-27-25(28-34-24)20-8-3-2-4-9-20/h2-6,8-9,11-12,21H,7,10,13-19H2,1H3. The van der Waals surface area contributed by atoms with Crippen LogP contribution in [0.3, 0.4) is 0 Å². The summed E-state index contributed by atoms with van der Waals surface area (Å²) in [6.07, 6.45) is 1.93. The SMILES string of the molecule is COc1ccccc1N1CCN(C(=O)C2CCCN(Cc3nc(-c4ccccc4)no3)C2)CC1. The van der Waals surface area contributed by atoms with E-state index >= 15 is 0 Å². The lowest BCUT2D eigenvalue weighted by Gasteiger charge is -2.39. The third kappa shape index (κ3) is 4.92. The molecule has 0 aliphatic carbocycles. The summed E-state index contributed by atoms with van der Waals surface area (Å²) < 4.78 is 11.0. The number of anilines is 1. The second-order valence-corrected chi connectivity index (χ2v) is 8.94. The fourth-order valence-electron chi connectivity index (χ4n) is 4.93. The van der Waals surface area contributed by atoms with Gasteiger partial charge in [0.1, 0.15) is 5.75 Å². The molecule has 1 unspecified atom stereocenters. The highest BCUT2D eigenvalue weighted by Crippen LogP contribution is 2.29. The fraction of sp³-hybridized carbons (Fsp3) is 0.423. The normalized spacial score (nSPS) is 19.3. The van der Waals surface area contributed by atoms with Crippen molar-refractivity contribution in [1.29, 1.82) is 0 Å². The quantitative estimate of drug-likeness (QED) is 0.558. The Morgan fingerprint density at radius 2 is 1.79 bits per heavy atom. The molecule has 2 saturated heterocycles. The van der Waals surface area contributed by atoms with Crippen molar-refractivity contribution in [3.63, 3.8) is 0 Å². The highest BCUT2D eigenvalue weighted by atomic mass is 16.5. The van der Waals surface area contributed by atoms with Gasteiger partial charge in [-0.2, -0.15) is 4.98 Å². The number of ether oxygens (including phenoxy) is 1. The Bertz CT molecular complexity index is 1090. The lowest BCUT2D eigenvalue weighted by Crippen LogP contribution is -2.52. The van der Waals surface area contributed by atoms with Crippen LogP contribution in [0.4, 0.5) is 5.69 Å². The van der Waals surface area contributed by atoms with E-state index in [0.717, 1.165) is 69.1 Å². The van der Waals surface area contributed by atoms with E-state index in [1.54, 1.807) is 7.11 Å². The van der Waals surface area contributed by atoms with Crippen LogP contribution in [0.15, 0.2) is 59.1 Å². The van der Waals surface area contributed by atoms with Gasteiger partial charge in [-0.3, -0.25) is 9.69 Å². The molecule has 3 heterocycles. The zero-order chi connectivity index (χ0) is 23.3. The van der Waals surface area contributed by atoms with Gasteiger partial charge >= 0.3 is 0 Å². The van der Waals surface area contributed by atoms with Crippen molar-refractivity contribution < 1.29 is 14.1 Å². The van der Waals surface area contributed by atoms with E-state index in [2.05, 4.69) is 26.0 Å². The van der Waals surface area contributed by atoms with Crippen LogP contribution in [-0.4, -0.2) is 72.2 Å². The molecule has 2 aliphatic heterocycles. The van der Waals surface area contributed by atoms with Crippen LogP contribution < -0.4 is 9.64 Å². The molecule has 0 bridgehead atoms. The molecule has 1 aromatic heterocycles. The van der Waals surface area contributed by atoms with E-state index in [4.69, 9.17) is 9.26 Å². The average Bonchev–Trinajstić information content (AvgIpc) is 3.37. The van der Waals surface area contributed by atoms with Gasteiger partial charge in [-0.15, -0.1) is 0 Å². The topological polar surface area (TPSA) is 74.9 Å². The summed E-state index contributed by atoms with van der Waals surface area (Å²) in [5.74, 6) is 2.36. The Hall–Kier alpha value is -3.39. The molecule has 5 rings (SSSR count). The number of carbonyl (C=O) groups is 1. The fourth-order valence-corrected chi connectivity index (χ4v) is 4.93. The Balaban J connectivity index is 1.15. The van der Waals surface area contributed by atoms with Gasteiger partial charge < -0.3 is 19.1 Å². The molecular formula is C26H31N5O3. The first kappa shape index (κ1) is 22.4. The number of piperidine rings is 1. The number of para-hydroxylation sites is 2. The monoisotopic (exact) mass is 461 g/mol. The molecule has 0 spiro atoms. The number of rotatable bonds is 6. The zero-order valence-corrected chi connectivity index (χ0v) is 19.6. The smallest absolute Gasteiger partial charge is 0.241 e. The summed E-state index contributed by atoms with van der Waals surface area (Å²) >= 11 is 0. The molecule has 3 aromatic rings. The van der Waals surface area contributed by atoms with Crippen molar-refractivity contribution in [2.75, 3.05) is 51.3 Å². The van der Waals surface area contributed by atoms with E-state index in [1.807, 2.05) is 53.4 Å². The third-order valence-corrected chi connectivity index (χ3v) is 6.73. The van der Waals surface area contributed by atoms with Crippen molar-refractivity contribution in [3.05, 3.63) is 60.5 Å². The van der Waals surface area contributed by atoms with E-state index in [9.17, 15) is 4.79 Å². The first-order valence-corrected chi connectivity index (χ1v) is 12.0. The number of carbonyl (C=O) groups excluding carboxylic acids is 1. The summed E-state index contributed by atoms with van der Waals surface area (Å²) in [7, 11) is 1.70. The Kier molecular flexibility index (Phi) is 6.76. The highest BCUT2D eigenvalue weighted by molar-refractivity contribution is 5.79. The Morgan fingerprint density at radius 3 is 2.59 bits per heavy atom. The summed E-state index contributed by atoms with van der Waals surface area (Å²) in [4.78, 5) is 24.5. The van der Waals surface area contributed by atoms with Crippen molar-refractivity contribution in [2.45, 2.75) is 19.4 Å². The predicted octanol–water partition coefficient (Wildman–Crippen LogP) is 3.31. The van der Waals surface area contributed by atoms with Crippen LogP contribution in [0.5, 0.6) is 5.75 Å². The lowest BCUT2D eigenvalue weighted by atomic mass is 9.96. The number of piperazine rings is 1.